The highest BCUT2D eigenvalue weighted by atomic mass is 16.5. The molecule has 1 aromatic carbocycles. The molecule has 78 valence electrons. The monoisotopic (exact) mass is 196 g/mol. The summed E-state index contributed by atoms with van der Waals surface area (Å²) in [5, 5.41) is 18.2. The van der Waals surface area contributed by atoms with Gasteiger partial charge in [-0.05, 0) is 12.5 Å². The minimum absolute atomic E-state index is 0.137. The molecule has 0 aliphatic carbocycles. The summed E-state index contributed by atoms with van der Waals surface area (Å²) in [6, 6.07) is 9.71. The highest BCUT2D eigenvalue weighted by Crippen LogP contribution is 2.05. The number of hydrogen-bond acceptors (Lipinski definition) is 3. The zero-order valence-corrected chi connectivity index (χ0v) is 8.31. The summed E-state index contributed by atoms with van der Waals surface area (Å²) >= 11 is 0. The van der Waals surface area contributed by atoms with Gasteiger partial charge in [0, 0.05) is 0 Å². The van der Waals surface area contributed by atoms with Gasteiger partial charge in [-0.15, -0.1) is 0 Å². The van der Waals surface area contributed by atoms with E-state index in [1.807, 2.05) is 30.3 Å². The summed E-state index contributed by atoms with van der Waals surface area (Å²) in [7, 11) is 0. The Kier molecular flexibility index (Phi) is 4.07. The van der Waals surface area contributed by atoms with Gasteiger partial charge in [0.15, 0.2) is 0 Å². The molecule has 0 aromatic heterocycles. The van der Waals surface area contributed by atoms with Crippen LogP contribution in [-0.2, 0) is 11.3 Å². The summed E-state index contributed by atoms with van der Waals surface area (Å²) in [6.07, 6.45) is 0. The number of aliphatic hydroxyl groups excluding tert-OH is 1. The molecule has 14 heavy (non-hydrogen) atoms. The number of ether oxygens (including phenoxy) is 1. The Morgan fingerprint density at radius 3 is 2.50 bits per heavy atom. The molecule has 2 N–H and O–H groups in total. The highest BCUT2D eigenvalue weighted by molar-refractivity contribution is 5.13. The summed E-state index contributed by atoms with van der Waals surface area (Å²) in [6.45, 7) is 1.84. The Hall–Kier alpha value is -0.900. The van der Waals surface area contributed by atoms with Crippen molar-refractivity contribution in [3.63, 3.8) is 0 Å². The first-order valence-electron chi connectivity index (χ1n) is 4.59. The molecule has 1 rings (SSSR count). The van der Waals surface area contributed by atoms with Crippen molar-refractivity contribution < 1.29 is 14.9 Å². The van der Waals surface area contributed by atoms with Gasteiger partial charge >= 0.3 is 0 Å². The standard InChI is InChI=1S/C11H16O3/c1-11(13,8-12)9-14-7-10-5-3-2-4-6-10/h2-6,12-13H,7-9H2,1H3/t11-/m0/s1. The summed E-state index contributed by atoms with van der Waals surface area (Å²) in [5.41, 5.74) is -0.0874. The number of aliphatic hydroxyl groups is 2. The molecular weight excluding hydrogens is 180 g/mol. The lowest BCUT2D eigenvalue weighted by Gasteiger charge is -2.19. The first-order chi connectivity index (χ1) is 6.64. The van der Waals surface area contributed by atoms with Crippen LogP contribution in [0.1, 0.15) is 12.5 Å². The molecule has 0 fully saturated rings. The second-order valence-corrected chi connectivity index (χ2v) is 3.63. The highest BCUT2D eigenvalue weighted by Gasteiger charge is 2.18. The van der Waals surface area contributed by atoms with Gasteiger partial charge in [0.1, 0.15) is 5.60 Å². The van der Waals surface area contributed by atoms with Crippen LogP contribution in [-0.4, -0.2) is 29.0 Å². The zero-order chi connectivity index (χ0) is 10.4. The summed E-state index contributed by atoms with van der Waals surface area (Å²) < 4.78 is 5.27. The molecule has 0 saturated heterocycles. The van der Waals surface area contributed by atoms with Crippen molar-refractivity contribution in [2.75, 3.05) is 13.2 Å². The van der Waals surface area contributed by atoms with Crippen molar-refractivity contribution in [2.45, 2.75) is 19.1 Å². The van der Waals surface area contributed by atoms with E-state index < -0.39 is 5.60 Å². The SMILES string of the molecule is C[C@](O)(CO)COCc1ccccc1. The number of rotatable bonds is 5. The van der Waals surface area contributed by atoms with Gasteiger partial charge in [-0.3, -0.25) is 0 Å². The van der Waals surface area contributed by atoms with E-state index in [1.165, 1.54) is 6.92 Å². The van der Waals surface area contributed by atoms with Crippen molar-refractivity contribution in [1.29, 1.82) is 0 Å². The fourth-order valence-electron chi connectivity index (χ4n) is 1.01. The topological polar surface area (TPSA) is 49.7 Å². The first kappa shape index (κ1) is 11.2. The Morgan fingerprint density at radius 2 is 1.93 bits per heavy atom. The molecule has 0 radical (unpaired) electrons. The average molecular weight is 196 g/mol. The Balaban J connectivity index is 2.29. The van der Waals surface area contributed by atoms with Gasteiger partial charge in [0.2, 0.25) is 0 Å². The Labute approximate surface area is 84.0 Å². The van der Waals surface area contributed by atoms with Gasteiger partial charge in [-0.2, -0.15) is 0 Å². The predicted octanol–water partition coefficient (Wildman–Crippen LogP) is 0.946. The number of benzene rings is 1. The van der Waals surface area contributed by atoms with E-state index in [-0.39, 0.29) is 13.2 Å². The maximum atomic E-state index is 9.43. The normalized spacial score (nSPS) is 15.1. The van der Waals surface area contributed by atoms with E-state index in [1.54, 1.807) is 0 Å². The maximum absolute atomic E-state index is 9.43. The Bertz CT molecular complexity index is 256. The molecule has 0 aliphatic rings. The van der Waals surface area contributed by atoms with Crippen LogP contribution in [0.15, 0.2) is 30.3 Å². The molecule has 1 aromatic rings. The summed E-state index contributed by atoms with van der Waals surface area (Å²) in [5.74, 6) is 0. The van der Waals surface area contributed by atoms with Gasteiger partial charge < -0.3 is 14.9 Å². The largest absolute Gasteiger partial charge is 0.393 e. The third-order valence-electron chi connectivity index (χ3n) is 1.87. The summed E-state index contributed by atoms with van der Waals surface area (Å²) in [4.78, 5) is 0. The van der Waals surface area contributed by atoms with Crippen molar-refractivity contribution in [2.24, 2.45) is 0 Å². The molecule has 0 unspecified atom stereocenters. The zero-order valence-electron chi connectivity index (χ0n) is 8.31. The minimum Gasteiger partial charge on any atom is -0.393 e. The third kappa shape index (κ3) is 3.87. The maximum Gasteiger partial charge on any atom is 0.108 e. The fourth-order valence-corrected chi connectivity index (χ4v) is 1.01. The van der Waals surface area contributed by atoms with Crippen LogP contribution in [0.2, 0.25) is 0 Å². The molecule has 0 spiro atoms. The third-order valence-corrected chi connectivity index (χ3v) is 1.87. The van der Waals surface area contributed by atoms with Crippen LogP contribution in [0.4, 0.5) is 0 Å². The predicted molar refractivity (Wildman–Crippen MR) is 53.8 cm³/mol. The van der Waals surface area contributed by atoms with Crippen molar-refractivity contribution in [1.82, 2.24) is 0 Å². The minimum atomic E-state index is -1.14. The van der Waals surface area contributed by atoms with Crippen LogP contribution in [0.25, 0.3) is 0 Å². The van der Waals surface area contributed by atoms with E-state index >= 15 is 0 Å². The lowest BCUT2D eigenvalue weighted by molar-refractivity contribution is -0.0694. The lowest BCUT2D eigenvalue weighted by Crippen LogP contribution is -2.34. The van der Waals surface area contributed by atoms with Crippen LogP contribution in [0, 0.1) is 0 Å². The van der Waals surface area contributed by atoms with Gasteiger partial charge in [-0.25, -0.2) is 0 Å². The molecule has 0 heterocycles. The van der Waals surface area contributed by atoms with Crippen molar-refractivity contribution >= 4 is 0 Å². The van der Waals surface area contributed by atoms with Crippen LogP contribution < -0.4 is 0 Å². The first-order valence-corrected chi connectivity index (χ1v) is 4.59. The molecule has 1 atom stereocenters. The van der Waals surface area contributed by atoms with Crippen LogP contribution in [0.3, 0.4) is 0 Å². The second-order valence-electron chi connectivity index (χ2n) is 3.63. The van der Waals surface area contributed by atoms with Gasteiger partial charge in [-0.1, -0.05) is 30.3 Å². The van der Waals surface area contributed by atoms with Crippen LogP contribution in [0.5, 0.6) is 0 Å². The molecule has 0 bridgehead atoms. The second kappa shape index (κ2) is 5.10. The van der Waals surface area contributed by atoms with E-state index in [2.05, 4.69) is 0 Å². The van der Waals surface area contributed by atoms with E-state index in [9.17, 15) is 5.11 Å². The quantitative estimate of drug-likeness (QED) is 0.737. The molecule has 0 saturated carbocycles. The van der Waals surface area contributed by atoms with Gasteiger partial charge in [0.05, 0.1) is 19.8 Å². The van der Waals surface area contributed by atoms with E-state index in [0.717, 1.165) is 5.56 Å². The lowest BCUT2D eigenvalue weighted by atomic mass is 10.1. The molecule has 0 aliphatic heterocycles. The smallest absolute Gasteiger partial charge is 0.108 e. The fraction of sp³-hybridized carbons (Fsp3) is 0.455. The molecule has 3 heteroatoms. The molecular formula is C11H16O3. The van der Waals surface area contributed by atoms with Gasteiger partial charge in [0.25, 0.3) is 0 Å². The van der Waals surface area contributed by atoms with Crippen LogP contribution >= 0.6 is 0 Å². The molecule has 3 nitrogen and oxygen atoms in total. The van der Waals surface area contributed by atoms with E-state index in [0.29, 0.717) is 6.61 Å². The average Bonchev–Trinajstić information content (AvgIpc) is 2.19. The molecule has 0 amide bonds. The van der Waals surface area contributed by atoms with Crippen molar-refractivity contribution in [3.8, 4) is 0 Å². The Morgan fingerprint density at radius 1 is 1.29 bits per heavy atom. The van der Waals surface area contributed by atoms with E-state index in [4.69, 9.17) is 9.84 Å². The number of hydrogen-bond donors (Lipinski definition) is 2. The van der Waals surface area contributed by atoms with Crippen molar-refractivity contribution in [3.05, 3.63) is 35.9 Å².